The molecule has 0 aliphatic carbocycles. The maximum Gasteiger partial charge on any atom is 0.119 e. The lowest BCUT2D eigenvalue weighted by Crippen LogP contribution is -1.89. The third-order valence-electron chi connectivity index (χ3n) is 3.42. The molecule has 0 radical (unpaired) electrons. The number of hydrogen-bond donors (Lipinski definition) is 2. The molecule has 0 atom stereocenters. The number of allylic oxidation sites excluding steroid dienone is 2. The van der Waals surface area contributed by atoms with Gasteiger partial charge in [0.05, 0.1) is 0 Å². The number of phenols is 2. The van der Waals surface area contributed by atoms with Gasteiger partial charge in [-0.1, -0.05) is 31.9 Å². The summed E-state index contributed by atoms with van der Waals surface area (Å²) in [7, 11) is 0. The first kappa shape index (κ1) is 15.6. The van der Waals surface area contributed by atoms with E-state index in [1.165, 1.54) is 18.4 Å². The topological polar surface area (TPSA) is 40.5 Å². The Bertz CT molecular complexity index is 445. The lowest BCUT2D eigenvalue weighted by Gasteiger charge is -2.07. The smallest absolute Gasteiger partial charge is 0.119 e. The molecule has 0 aromatic heterocycles. The summed E-state index contributed by atoms with van der Waals surface area (Å²) in [4.78, 5) is 0. The number of benzene rings is 1. The molecule has 0 fully saturated rings. The Kier molecular flexibility index (Phi) is 5.94. The van der Waals surface area contributed by atoms with Crippen molar-refractivity contribution in [2.75, 3.05) is 0 Å². The van der Waals surface area contributed by atoms with E-state index in [4.69, 9.17) is 0 Å². The third-order valence-corrected chi connectivity index (χ3v) is 3.42. The lowest BCUT2D eigenvalue weighted by molar-refractivity contribution is 0.452. The predicted molar refractivity (Wildman–Crippen MR) is 80.7 cm³/mol. The Morgan fingerprint density at radius 1 is 1.21 bits per heavy atom. The van der Waals surface area contributed by atoms with Gasteiger partial charge in [-0.25, -0.2) is 0 Å². The van der Waals surface area contributed by atoms with Crippen molar-refractivity contribution in [2.24, 2.45) is 5.92 Å². The van der Waals surface area contributed by atoms with Crippen LogP contribution in [-0.2, 0) is 6.42 Å². The fraction of sp³-hybridized carbons (Fsp3) is 0.529. The second-order valence-corrected chi connectivity index (χ2v) is 5.81. The van der Waals surface area contributed by atoms with E-state index in [1.807, 2.05) is 0 Å². The molecule has 106 valence electrons. The molecule has 0 bridgehead atoms. The fourth-order valence-electron chi connectivity index (χ4n) is 2.06. The lowest BCUT2D eigenvalue weighted by atomic mass is 10.0. The zero-order chi connectivity index (χ0) is 14.4. The van der Waals surface area contributed by atoms with Gasteiger partial charge in [-0.3, -0.25) is 0 Å². The molecule has 0 spiro atoms. The number of phenolic OH excluding ortho intramolecular Hbond substituents is 2. The van der Waals surface area contributed by atoms with E-state index in [-0.39, 0.29) is 11.5 Å². The van der Waals surface area contributed by atoms with Crippen LogP contribution in [0.25, 0.3) is 0 Å². The molecule has 2 nitrogen and oxygen atoms in total. The van der Waals surface area contributed by atoms with Crippen LogP contribution in [0.15, 0.2) is 23.8 Å². The second kappa shape index (κ2) is 7.22. The monoisotopic (exact) mass is 262 g/mol. The van der Waals surface area contributed by atoms with Crippen LogP contribution in [-0.4, -0.2) is 10.2 Å². The highest BCUT2D eigenvalue weighted by atomic mass is 16.3. The van der Waals surface area contributed by atoms with Crippen molar-refractivity contribution in [2.45, 2.75) is 53.4 Å². The number of rotatable bonds is 6. The van der Waals surface area contributed by atoms with Gasteiger partial charge in [0.25, 0.3) is 0 Å². The van der Waals surface area contributed by atoms with Gasteiger partial charge in [-0.05, 0) is 56.7 Å². The van der Waals surface area contributed by atoms with Gasteiger partial charge in [0.15, 0.2) is 0 Å². The quantitative estimate of drug-likeness (QED) is 0.575. The van der Waals surface area contributed by atoms with Crippen molar-refractivity contribution >= 4 is 0 Å². The highest BCUT2D eigenvalue weighted by molar-refractivity contribution is 5.45. The Labute approximate surface area is 116 Å². The van der Waals surface area contributed by atoms with Crippen LogP contribution in [0.1, 0.15) is 51.2 Å². The average molecular weight is 262 g/mol. The first-order valence-corrected chi connectivity index (χ1v) is 7.07. The van der Waals surface area contributed by atoms with Crippen LogP contribution in [0.3, 0.4) is 0 Å². The molecule has 2 heteroatoms. The highest BCUT2D eigenvalue weighted by Crippen LogP contribution is 2.27. The van der Waals surface area contributed by atoms with Crippen LogP contribution < -0.4 is 0 Å². The Balaban J connectivity index is 2.57. The second-order valence-electron chi connectivity index (χ2n) is 5.81. The molecule has 0 aliphatic heterocycles. The minimum atomic E-state index is 0.249. The van der Waals surface area contributed by atoms with Gasteiger partial charge in [0, 0.05) is 5.56 Å². The van der Waals surface area contributed by atoms with E-state index in [0.29, 0.717) is 12.0 Å². The average Bonchev–Trinajstić information content (AvgIpc) is 2.31. The summed E-state index contributed by atoms with van der Waals surface area (Å²) >= 11 is 0. The van der Waals surface area contributed by atoms with Crippen molar-refractivity contribution in [3.8, 4) is 11.5 Å². The molecular weight excluding hydrogens is 236 g/mol. The first-order valence-electron chi connectivity index (χ1n) is 7.07. The fourth-order valence-corrected chi connectivity index (χ4v) is 2.06. The first-order chi connectivity index (χ1) is 8.90. The zero-order valence-electron chi connectivity index (χ0n) is 12.5. The van der Waals surface area contributed by atoms with E-state index in [0.717, 1.165) is 17.9 Å². The predicted octanol–water partition coefficient (Wildman–Crippen LogP) is 4.72. The summed E-state index contributed by atoms with van der Waals surface area (Å²) in [6, 6.07) is 3.27. The molecule has 0 unspecified atom stereocenters. The molecule has 2 N–H and O–H groups in total. The number of aryl methyl sites for hydroxylation is 1. The van der Waals surface area contributed by atoms with Gasteiger partial charge in [0.1, 0.15) is 11.5 Å². The minimum absolute atomic E-state index is 0.249. The van der Waals surface area contributed by atoms with Gasteiger partial charge in [0.2, 0.25) is 0 Å². The van der Waals surface area contributed by atoms with Gasteiger partial charge < -0.3 is 10.2 Å². The Hall–Kier alpha value is -1.44. The normalized spacial score (nSPS) is 12.2. The Morgan fingerprint density at radius 3 is 2.53 bits per heavy atom. The summed E-state index contributed by atoms with van der Waals surface area (Å²) in [5, 5.41) is 19.5. The molecule has 0 amide bonds. The maximum atomic E-state index is 9.84. The SMILES string of the molecule is C/C(=C/Cc1cc(O)c(C)cc1O)CCCC(C)C. The van der Waals surface area contributed by atoms with Crippen LogP contribution >= 0.6 is 0 Å². The zero-order valence-corrected chi connectivity index (χ0v) is 12.5. The number of hydrogen-bond acceptors (Lipinski definition) is 2. The van der Waals surface area contributed by atoms with E-state index in [9.17, 15) is 10.2 Å². The van der Waals surface area contributed by atoms with Gasteiger partial charge >= 0.3 is 0 Å². The standard InChI is InChI=1S/C17H26O2/c1-12(2)6-5-7-13(3)8-9-15-11-16(18)14(4)10-17(15)19/h8,10-12,18-19H,5-7,9H2,1-4H3/b13-8-. The van der Waals surface area contributed by atoms with Crippen molar-refractivity contribution in [3.05, 3.63) is 34.9 Å². The largest absolute Gasteiger partial charge is 0.508 e. The van der Waals surface area contributed by atoms with E-state index < -0.39 is 0 Å². The van der Waals surface area contributed by atoms with Crippen LogP contribution in [0, 0.1) is 12.8 Å². The molecule has 0 heterocycles. The molecule has 1 rings (SSSR count). The molecule has 0 aliphatic rings. The van der Waals surface area contributed by atoms with Crippen LogP contribution in [0.4, 0.5) is 0 Å². The highest BCUT2D eigenvalue weighted by Gasteiger charge is 2.05. The summed E-state index contributed by atoms with van der Waals surface area (Å²) in [6.45, 7) is 8.40. The van der Waals surface area contributed by atoms with Crippen molar-refractivity contribution < 1.29 is 10.2 Å². The third kappa shape index (κ3) is 5.37. The maximum absolute atomic E-state index is 9.84. The van der Waals surface area contributed by atoms with Crippen LogP contribution in [0.2, 0.25) is 0 Å². The molecule has 1 aromatic rings. The van der Waals surface area contributed by atoms with Crippen LogP contribution in [0.5, 0.6) is 11.5 Å². The van der Waals surface area contributed by atoms with Crippen molar-refractivity contribution in [3.63, 3.8) is 0 Å². The molecular formula is C17H26O2. The van der Waals surface area contributed by atoms with Gasteiger partial charge in [-0.2, -0.15) is 0 Å². The van der Waals surface area contributed by atoms with E-state index >= 15 is 0 Å². The molecule has 0 saturated carbocycles. The Morgan fingerprint density at radius 2 is 1.89 bits per heavy atom. The molecule has 19 heavy (non-hydrogen) atoms. The van der Waals surface area contributed by atoms with E-state index in [2.05, 4.69) is 26.8 Å². The van der Waals surface area contributed by atoms with Crippen molar-refractivity contribution in [1.82, 2.24) is 0 Å². The summed E-state index contributed by atoms with van der Waals surface area (Å²) in [5.74, 6) is 1.27. The number of aromatic hydroxyl groups is 2. The summed E-state index contributed by atoms with van der Waals surface area (Å²) in [5.41, 5.74) is 2.84. The van der Waals surface area contributed by atoms with Crippen molar-refractivity contribution in [1.29, 1.82) is 0 Å². The molecule has 1 aromatic carbocycles. The summed E-state index contributed by atoms with van der Waals surface area (Å²) in [6.07, 6.45) is 6.39. The minimum Gasteiger partial charge on any atom is -0.508 e. The van der Waals surface area contributed by atoms with Gasteiger partial charge in [-0.15, -0.1) is 0 Å². The molecule has 0 saturated heterocycles. The summed E-state index contributed by atoms with van der Waals surface area (Å²) < 4.78 is 0. The van der Waals surface area contributed by atoms with E-state index in [1.54, 1.807) is 19.1 Å².